The van der Waals surface area contributed by atoms with E-state index in [1.54, 1.807) is 12.3 Å². The molecule has 1 N–H and O–H groups in total. The van der Waals surface area contributed by atoms with E-state index in [1.165, 1.54) is 6.07 Å². The van der Waals surface area contributed by atoms with Gasteiger partial charge in [0.25, 0.3) is 0 Å². The van der Waals surface area contributed by atoms with Crippen LogP contribution in [0.1, 0.15) is 24.8 Å². The highest BCUT2D eigenvalue weighted by Gasteiger charge is 2.36. The summed E-state index contributed by atoms with van der Waals surface area (Å²) in [5.74, 6) is 0.236. The van der Waals surface area contributed by atoms with Crippen molar-refractivity contribution in [1.82, 2.24) is 15.2 Å². The predicted octanol–water partition coefficient (Wildman–Crippen LogP) is 0.628. The molecule has 0 aromatic carbocycles. The number of aromatic nitrogens is 1. The van der Waals surface area contributed by atoms with E-state index in [-0.39, 0.29) is 16.9 Å². The summed E-state index contributed by atoms with van der Waals surface area (Å²) < 4.78 is 22.9. The normalized spacial score (nSPS) is 23.4. The Hall–Kier alpha value is -1.47. The highest BCUT2D eigenvalue weighted by molar-refractivity contribution is 7.90. The van der Waals surface area contributed by atoms with Crippen molar-refractivity contribution in [2.45, 2.75) is 36.8 Å². The number of piperidine rings is 1. The molecule has 6 nitrogen and oxygen atoms in total. The lowest BCUT2D eigenvalue weighted by Gasteiger charge is -2.31. The zero-order valence-corrected chi connectivity index (χ0v) is 14.2. The number of amides is 1. The van der Waals surface area contributed by atoms with Crippen LogP contribution in [-0.4, -0.2) is 56.1 Å². The number of sulfone groups is 1. The molecule has 0 bridgehead atoms. The maximum absolute atomic E-state index is 12.6. The topological polar surface area (TPSA) is 79.4 Å². The van der Waals surface area contributed by atoms with E-state index in [2.05, 4.69) is 10.3 Å². The highest BCUT2D eigenvalue weighted by Crippen LogP contribution is 2.26. The average Bonchev–Trinajstić information content (AvgIpc) is 2.89. The van der Waals surface area contributed by atoms with E-state index in [4.69, 9.17) is 0 Å². The first-order chi connectivity index (χ1) is 10.9. The van der Waals surface area contributed by atoms with Crippen LogP contribution in [0.15, 0.2) is 23.4 Å². The van der Waals surface area contributed by atoms with E-state index in [1.807, 2.05) is 4.90 Å². The van der Waals surface area contributed by atoms with Gasteiger partial charge in [-0.1, -0.05) is 6.07 Å². The molecule has 1 aromatic heterocycles. The summed E-state index contributed by atoms with van der Waals surface area (Å²) >= 11 is 0. The second-order valence-electron chi connectivity index (χ2n) is 6.48. The van der Waals surface area contributed by atoms with Crippen molar-refractivity contribution in [2.75, 3.05) is 25.9 Å². The van der Waals surface area contributed by atoms with Crippen LogP contribution < -0.4 is 5.32 Å². The van der Waals surface area contributed by atoms with Gasteiger partial charge in [0.1, 0.15) is 0 Å². The van der Waals surface area contributed by atoms with Crippen LogP contribution in [0.25, 0.3) is 0 Å². The molecular formula is C16H23N3O3S. The van der Waals surface area contributed by atoms with Crippen molar-refractivity contribution in [2.24, 2.45) is 5.92 Å². The molecule has 0 aliphatic carbocycles. The largest absolute Gasteiger partial charge is 0.339 e. The molecule has 23 heavy (non-hydrogen) atoms. The molecule has 0 unspecified atom stereocenters. The second kappa shape index (κ2) is 6.57. The average molecular weight is 337 g/mol. The monoisotopic (exact) mass is 337 g/mol. The van der Waals surface area contributed by atoms with Crippen LogP contribution in [0.2, 0.25) is 0 Å². The zero-order valence-electron chi connectivity index (χ0n) is 13.4. The quantitative estimate of drug-likeness (QED) is 0.872. The summed E-state index contributed by atoms with van der Waals surface area (Å²) in [5.41, 5.74) is 0.919. The van der Waals surface area contributed by atoms with Crippen molar-refractivity contribution in [3.8, 4) is 0 Å². The number of carbonyl (C=O) groups is 1. The van der Waals surface area contributed by atoms with Gasteiger partial charge in [0, 0.05) is 31.0 Å². The van der Waals surface area contributed by atoms with E-state index in [0.29, 0.717) is 12.5 Å². The van der Waals surface area contributed by atoms with Crippen LogP contribution in [0.3, 0.4) is 0 Å². The summed E-state index contributed by atoms with van der Waals surface area (Å²) in [5, 5.41) is 3.41. The van der Waals surface area contributed by atoms with E-state index < -0.39 is 9.84 Å². The van der Waals surface area contributed by atoms with Gasteiger partial charge in [-0.05, 0) is 50.4 Å². The maximum atomic E-state index is 12.6. The van der Waals surface area contributed by atoms with Gasteiger partial charge in [0.15, 0.2) is 14.9 Å². The lowest BCUT2D eigenvalue weighted by molar-refractivity contribution is -0.133. The van der Waals surface area contributed by atoms with Gasteiger partial charge in [-0.15, -0.1) is 0 Å². The summed E-state index contributed by atoms with van der Waals surface area (Å²) in [7, 11) is -3.27. The summed E-state index contributed by atoms with van der Waals surface area (Å²) in [6.07, 6.45) is 6.29. The van der Waals surface area contributed by atoms with Crippen LogP contribution in [0.4, 0.5) is 0 Å². The molecule has 1 atom stereocenters. The molecule has 0 radical (unpaired) electrons. The maximum Gasteiger partial charge on any atom is 0.226 e. The van der Waals surface area contributed by atoms with Crippen LogP contribution >= 0.6 is 0 Å². The molecule has 126 valence electrons. The molecule has 1 aromatic rings. The molecular weight excluding hydrogens is 314 g/mol. The minimum absolute atomic E-state index is 0.00392. The van der Waals surface area contributed by atoms with Crippen molar-refractivity contribution < 1.29 is 13.2 Å². The van der Waals surface area contributed by atoms with Gasteiger partial charge in [0.05, 0.1) is 0 Å². The number of hydrogen-bond donors (Lipinski definition) is 1. The van der Waals surface area contributed by atoms with Crippen LogP contribution in [-0.2, 0) is 21.1 Å². The van der Waals surface area contributed by atoms with Crippen molar-refractivity contribution >= 4 is 15.7 Å². The number of nitrogens with zero attached hydrogens (tertiary/aromatic N) is 2. The van der Waals surface area contributed by atoms with Gasteiger partial charge in [0.2, 0.25) is 5.91 Å². The van der Waals surface area contributed by atoms with E-state index >= 15 is 0 Å². The Balaban J connectivity index is 1.63. The van der Waals surface area contributed by atoms with E-state index in [9.17, 15) is 13.2 Å². The van der Waals surface area contributed by atoms with Crippen LogP contribution in [0, 0.1) is 5.92 Å². The fraction of sp³-hybridized carbons (Fsp3) is 0.625. The Morgan fingerprint density at radius 3 is 2.61 bits per heavy atom. The highest BCUT2D eigenvalue weighted by atomic mass is 32.2. The smallest absolute Gasteiger partial charge is 0.226 e. The minimum Gasteiger partial charge on any atom is -0.339 e. The molecule has 0 spiro atoms. The molecule has 2 saturated heterocycles. The number of carbonyl (C=O) groups excluding carboxylic acids is 1. The summed E-state index contributed by atoms with van der Waals surface area (Å²) in [6.45, 7) is 2.80. The Bertz CT molecular complexity index is 666. The SMILES string of the molecule is CS(=O)(=O)c1ccc(C[C@H]2CCN(C3CCNCC3)C2=O)cn1. The zero-order chi connectivity index (χ0) is 16.4. The van der Waals surface area contributed by atoms with Crippen molar-refractivity contribution in [1.29, 1.82) is 0 Å². The van der Waals surface area contributed by atoms with Crippen molar-refractivity contribution in [3.05, 3.63) is 23.9 Å². The molecule has 0 saturated carbocycles. The number of hydrogen-bond acceptors (Lipinski definition) is 5. The molecule has 7 heteroatoms. The molecule has 3 heterocycles. The fourth-order valence-corrected chi connectivity index (χ4v) is 4.03. The van der Waals surface area contributed by atoms with Gasteiger partial charge in [-0.3, -0.25) is 4.79 Å². The number of nitrogens with one attached hydrogen (secondary N) is 1. The third-order valence-electron chi connectivity index (χ3n) is 4.76. The molecule has 3 rings (SSSR count). The molecule has 1 amide bonds. The standard InChI is InChI=1S/C16H23N3O3S/c1-23(21,22)15-3-2-12(11-18-15)10-13-6-9-19(16(13)20)14-4-7-17-8-5-14/h2-3,11,13-14,17H,4-10H2,1H3/t13-/m1/s1. The Morgan fingerprint density at radius 2 is 2.00 bits per heavy atom. The van der Waals surface area contributed by atoms with Gasteiger partial charge in [-0.2, -0.15) is 0 Å². The van der Waals surface area contributed by atoms with Crippen LogP contribution in [0.5, 0.6) is 0 Å². The molecule has 2 aliphatic rings. The summed E-state index contributed by atoms with van der Waals surface area (Å²) in [4.78, 5) is 18.7. The first kappa shape index (κ1) is 16.4. The lowest BCUT2D eigenvalue weighted by atomic mass is 9.99. The predicted molar refractivity (Wildman–Crippen MR) is 86.8 cm³/mol. The minimum atomic E-state index is -3.27. The number of likely N-dealkylation sites (tertiary alicyclic amines) is 1. The molecule has 2 aliphatic heterocycles. The fourth-order valence-electron chi connectivity index (χ4n) is 3.47. The Kier molecular flexibility index (Phi) is 4.68. The van der Waals surface area contributed by atoms with Gasteiger partial charge in [-0.25, -0.2) is 13.4 Å². The Morgan fingerprint density at radius 1 is 1.26 bits per heavy atom. The second-order valence-corrected chi connectivity index (χ2v) is 8.44. The molecule has 2 fully saturated rings. The third-order valence-corrected chi connectivity index (χ3v) is 5.76. The van der Waals surface area contributed by atoms with Gasteiger partial charge < -0.3 is 10.2 Å². The summed E-state index contributed by atoms with van der Waals surface area (Å²) in [6, 6.07) is 3.66. The third kappa shape index (κ3) is 3.72. The number of pyridine rings is 1. The van der Waals surface area contributed by atoms with E-state index in [0.717, 1.165) is 50.7 Å². The Labute approximate surface area is 137 Å². The first-order valence-corrected chi connectivity index (χ1v) is 10.0. The number of rotatable bonds is 4. The van der Waals surface area contributed by atoms with Crippen molar-refractivity contribution in [3.63, 3.8) is 0 Å². The first-order valence-electron chi connectivity index (χ1n) is 8.11. The lowest BCUT2D eigenvalue weighted by Crippen LogP contribution is -2.44. The van der Waals surface area contributed by atoms with Gasteiger partial charge >= 0.3 is 0 Å².